The number of carbonyl (C=O) groups excluding carboxylic acids is 2. The fraction of sp³-hybridized carbons (Fsp3) is 0.855. The molecule has 0 amide bonds. The maximum Gasteiger partial charge on any atom is 0.334 e. The van der Waals surface area contributed by atoms with Crippen molar-refractivity contribution in [3.8, 4) is 5.95 Å². The number of esters is 2. The molecule has 11 aliphatic heterocycles. The molecule has 0 N–H and O–H groups in total. The number of carbonyl (C=O) groups is 2. The zero-order valence-corrected chi connectivity index (χ0v) is 56.3. The summed E-state index contributed by atoms with van der Waals surface area (Å²) < 4.78 is 102. The summed E-state index contributed by atoms with van der Waals surface area (Å²) in [6, 6.07) is 0. The molecule has 21 rings (SSSR count). The van der Waals surface area contributed by atoms with Gasteiger partial charge in [-0.2, -0.15) is 0 Å². The number of epoxide rings is 9. The van der Waals surface area contributed by atoms with Gasteiger partial charge in [-0.05, 0) is 130 Å². The molecule has 9 saturated heterocycles. The highest BCUT2D eigenvalue weighted by Gasteiger charge is 3.04. The smallest absolute Gasteiger partial charge is 0.334 e. The Hall–Kier alpha value is -1.93. The molecule has 6 spiro atoms. The second-order valence-corrected chi connectivity index (χ2v) is 34.3. The maximum absolute atomic E-state index is 12.4. The largest absolute Gasteiger partial charge is 0.468 e. The number of cyclic esters (lactones) is 2. The van der Waals surface area contributed by atoms with Crippen molar-refractivity contribution in [1.29, 1.82) is 0 Å². The molecular weight excluding hydrogens is 1210 g/mol. The first-order chi connectivity index (χ1) is 42.6. The van der Waals surface area contributed by atoms with Gasteiger partial charge in [0.2, 0.25) is 0 Å². The van der Waals surface area contributed by atoms with Gasteiger partial charge in [-0.15, -0.1) is 35.3 Å². The normalized spacial score (nSPS) is 56.1. The minimum absolute atomic E-state index is 0. The molecule has 0 bridgehead atoms. The van der Waals surface area contributed by atoms with Gasteiger partial charge >= 0.3 is 11.9 Å². The molecule has 15 fully saturated rings. The Morgan fingerprint density at radius 2 is 0.967 bits per heavy atom. The van der Waals surface area contributed by atoms with Crippen molar-refractivity contribution in [1.82, 2.24) is 0 Å². The number of rotatable bonds is 13. The molecule has 6 saturated carbocycles. The molecular formula is C69H92O18S3. The predicted octanol–water partition coefficient (Wildman–Crippen LogP) is 9.44. The summed E-state index contributed by atoms with van der Waals surface area (Å²) in [6.07, 6.45) is 16.7. The zero-order chi connectivity index (χ0) is 61.5. The lowest BCUT2D eigenvalue weighted by molar-refractivity contribution is -0.139. The number of ether oxygens (including phenoxy) is 15. The van der Waals surface area contributed by atoms with Crippen molar-refractivity contribution >= 4 is 47.2 Å². The molecule has 21 heteroatoms. The van der Waals surface area contributed by atoms with Crippen LogP contribution in [-0.2, 0) is 82.3 Å². The maximum atomic E-state index is 12.4. The van der Waals surface area contributed by atoms with E-state index in [0.29, 0.717) is 54.0 Å². The fourth-order valence-corrected chi connectivity index (χ4v) is 25.3. The van der Waals surface area contributed by atoms with Crippen LogP contribution in [0, 0.1) is 45.8 Å². The second-order valence-electron chi connectivity index (χ2n) is 31.9. The summed E-state index contributed by atoms with van der Waals surface area (Å²) in [4.78, 5) is 24.6. The first kappa shape index (κ1) is 60.5. The topological polar surface area (TPSA) is 215 Å². The molecule has 1 aromatic rings. The van der Waals surface area contributed by atoms with E-state index in [0.717, 1.165) is 68.9 Å². The van der Waals surface area contributed by atoms with Crippen LogP contribution in [-0.4, -0.2) is 192 Å². The van der Waals surface area contributed by atoms with Gasteiger partial charge in [-0.1, -0.05) is 69.7 Å². The van der Waals surface area contributed by atoms with Gasteiger partial charge in [-0.3, -0.25) is 0 Å². The van der Waals surface area contributed by atoms with Crippen LogP contribution in [0.3, 0.4) is 0 Å². The number of fused-ring (bicyclic) bond motifs is 13. The number of thioether (sulfide) groups is 3. The van der Waals surface area contributed by atoms with E-state index in [2.05, 4.69) is 81.1 Å². The molecule has 28 atom stereocenters. The average Bonchev–Trinajstić information content (AvgIpc) is 1.44. The predicted molar refractivity (Wildman–Crippen MR) is 330 cm³/mol. The Kier molecular flexibility index (Phi) is 12.4. The molecule has 1 unspecified atom stereocenters. The van der Waals surface area contributed by atoms with E-state index < -0.39 is 11.2 Å². The SMILES string of the molecule is C.COc1occ2c1CC[C@@]1(C)[C@H]2C[C@@H]2O[C@@]23[C@H](OCSC)[C@@]2(C(C)C)O[C@H]2[C@@H]2O[C@@]231.CSCO[C@@H]1[C@@]2(C(C)C)O[C@H]2[C@@H]2O[C@]23[C@]12O[C@H]2C[C@H]1C2=C(CC[C@@]13C)C(=O)OC2.CSCO[C@@H]1[C@@]2(C(C)C)O[C@H]2[C@@H]2O[C@]23[C@]12O[C@H]2C[C@H]1C2=C(CC[C@@]13C)C(=O)OC2C. The Balaban J connectivity index is 0.0000000999. The highest BCUT2D eigenvalue weighted by molar-refractivity contribution is 7.98. The standard InChI is InChI=1S/2C23H30O6S.C22H28O6S.CH4/c1-11(2)21-16(28-21)17-23(29-17)20(3)7-6-12-13(9-25-18(12)24-4)14(20)8-15-22(23,27-15)19(21)26-10-30-5;1-10(2)21-16(28-21)17-23(29-17)20(4)7-6-12-15(11(3)26-18(12)24)13(20)8-14-22(23,27-14)19(21)25-9-30-5;1-10(2)20-15(27-20)16-22(28-16)19(3)6-5-11-12(8-24-17(11)23)13(19)7-14-21(22,26-14)18(20)25-9-29-4;/h9,11,14-17,19H,6-8,10H2,1-5H3;10-11,13-14,16-17,19H,6-9H2,1-5H3;10,13-16,18H,5-9H2,1-4H3;1H4/t14-,15-,16-,17-,19+,20-,21-,22+,23+;11?,13-,14-,16-,17-,19+,20-,21-,22+,23+;13-,14-,15-,16-,18+,19-,20-,21+,22+;/m000./s1. The second kappa shape index (κ2) is 18.4. The summed E-state index contributed by atoms with van der Waals surface area (Å²) in [5, 5.41) is 0. The Morgan fingerprint density at radius 3 is 1.42 bits per heavy atom. The number of hydrogen-bond donors (Lipinski definition) is 0. The van der Waals surface area contributed by atoms with Gasteiger partial charge in [-0.25, -0.2) is 9.59 Å². The summed E-state index contributed by atoms with van der Waals surface area (Å²) in [6.45, 7) is 23.0. The van der Waals surface area contributed by atoms with E-state index in [1.165, 1.54) is 22.3 Å². The molecule has 9 aliphatic carbocycles. The van der Waals surface area contributed by atoms with Gasteiger partial charge in [0.1, 0.15) is 101 Å². The van der Waals surface area contributed by atoms with Crippen molar-refractivity contribution in [3.63, 3.8) is 0 Å². The summed E-state index contributed by atoms with van der Waals surface area (Å²) >= 11 is 5.10. The van der Waals surface area contributed by atoms with Gasteiger partial charge in [0.25, 0.3) is 5.95 Å². The van der Waals surface area contributed by atoms with Crippen LogP contribution in [0.25, 0.3) is 0 Å². The van der Waals surface area contributed by atoms with Crippen LogP contribution < -0.4 is 4.74 Å². The summed E-state index contributed by atoms with van der Waals surface area (Å²) in [5.74, 6) is 4.24. The van der Waals surface area contributed by atoms with Crippen molar-refractivity contribution in [2.75, 3.05) is 50.3 Å². The monoisotopic (exact) mass is 1300 g/mol. The van der Waals surface area contributed by atoms with Crippen LogP contribution in [0.2, 0.25) is 0 Å². The molecule has 1 aromatic heterocycles. The number of furan rings is 1. The third kappa shape index (κ3) is 6.27. The van der Waals surface area contributed by atoms with E-state index in [9.17, 15) is 9.59 Å². The summed E-state index contributed by atoms with van der Waals surface area (Å²) in [7, 11) is 1.69. The minimum Gasteiger partial charge on any atom is -0.468 e. The fourth-order valence-electron chi connectivity index (χ4n) is 24.5. The van der Waals surface area contributed by atoms with Crippen LogP contribution in [0.1, 0.15) is 145 Å². The van der Waals surface area contributed by atoms with Gasteiger partial charge in [0, 0.05) is 38.5 Å². The third-order valence-corrected chi connectivity index (χ3v) is 29.7. The summed E-state index contributed by atoms with van der Waals surface area (Å²) in [5.41, 5.74) is 3.29. The first-order valence-electron chi connectivity index (χ1n) is 33.5. The lowest BCUT2D eigenvalue weighted by Crippen LogP contribution is -2.69. The lowest BCUT2D eigenvalue weighted by atomic mass is 9.46. The molecule has 90 heavy (non-hydrogen) atoms. The van der Waals surface area contributed by atoms with Crippen molar-refractivity contribution < 1.29 is 85.1 Å². The molecule has 20 aliphatic rings. The van der Waals surface area contributed by atoms with Crippen molar-refractivity contribution in [3.05, 3.63) is 39.7 Å². The quantitative estimate of drug-likeness (QED) is 0.102. The molecule has 494 valence electrons. The minimum atomic E-state index is -0.430. The lowest BCUT2D eigenvalue weighted by Gasteiger charge is -2.54. The number of hydrogen-bond acceptors (Lipinski definition) is 21. The van der Waals surface area contributed by atoms with Crippen molar-refractivity contribution in [2.24, 2.45) is 45.8 Å². The highest BCUT2D eigenvalue weighted by Crippen LogP contribution is 2.87. The molecule has 0 radical (unpaired) electrons. The molecule has 18 nitrogen and oxygen atoms in total. The van der Waals surface area contributed by atoms with Gasteiger partial charge in [0.15, 0.2) is 16.8 Å². The first-order valence-corrected chi connectivity index (χ1v) is 37.7. The van der Waals surface area contributed by atoms with E-state index in [-0.39, 0.29) is 166 Å². The van der Waals surface area contributed by atoms with Crippen molar-refractivity contribution in [2.45, 2.75) is 270 Å². The Bertz CT molecular complexity index is 3390. The van der Waals surface area contributed by atoms with Gasteiger partial charge in [0.05, 0.1) is 49.5 Å². The van der Waals surface area contributed by atoms with Crippen LogP contribution in [0.5, 0.6) is 5.95 Å². The van der Waals surface area contributed by atoms with Crippen LogP contribution in [0.4, 0.5) is 0 Å². The molecule has 0 aromatic carbocycles. The highest BCUT2D eigenvalue weighted by atomic mass is 32.2. The molecule has 12 heterocycles. The van der Waals surface area contributed by atoms with Gasteiger partial charge < -0.3 is 75.5 Å². The zero-order valence-electron chi connectivity index (χ0n) is 53.8. The van der Waals surface area contributed by atoms with Crippen LogP contribution in [0.15, 0.2) is 33.0 Å². The van der Waals surface area contributed by atoms with E-state index in [1.807, 2.05) is 13.2 Å². The Morgan fingerprint density at radius 1 is 0.544 bits per heavy atom. The third-order valence-electron chi connectivity index (χ3n) is 28.6. The van der Waals surface area contributed by atoms with Crippen LogP contribution >= 0.6 is 35.3 Å². The number of methoxy groups -OCH3 is 1. The average molecular weight is 1310 g/mol. The van der Waals surface area contributed by atoms with E-state index in [1.54, 1.807) is 42.4 Å². The van der Waals surface area contributed by atoms with E-state index >= 15 is 0 Å². The Labute approximate surface area is 541 Å². The van der Waals surface area contributed by atoms with E-state index in [4.69, 9.17) is 75.5 Å².